The lowest BCUT2D eigenvalue weighted by atomic mass is 10.2. The second-order valence-electron chi connectivity index (χ2n) is 4.54. The first kappa shape index (κ1) is 15.9. The summed E-state index contributed by atoms with van der Waals surface area (Å²) < 4.78 is 5.28. The van der Waals surface area contributed by atoms with Gasteiger partial charge in [0, 0.05) is 12.1 Å². The van der Waals surface area contributed by atoms with Gasteiger partial charge in [-0.3, -0.25) is 14.9 Å². The number of nitrogens with zero attached hydrogens (tertiary/aromatic N) is 1. The van der Waals surface area contributed by atoms with Crippen molar-refractivity contribution in [3.63, 3.8) is 0 Å². The molecule has 7 heteroatoms. The molecule has 0 aliphatic rings. The van der Waals surface area contributed by atoms with Gasteiger partial charge in [0.25, 0.3) is 0 Å². The Morgan fingerprint density at radius 1 is 1.50 bits per heavy atom. The van der Waals surface area contributed by atoms with Crippen LogP contribution < -0.4 is 10.1 Å². The highest BCUT2D eigenvalue weighted by atomic mass is 16.6. The molecule has 0 atom stereocenters. The van der Waals surface area contributed by atoms with Crippen LogP contribution in [0.15, 0.2) is 18.2 Å². The van der Waals surface area contributed by atoms with Gasteiger partial charge in [0.15, 0.2) is 5.75 Å². The SMILES string of the molecule is CC(C)NC(=O)CCOc1cc(CO)ccc1[N+](=O)[O-]. The predicted octanol–water partition coefficient (Wildman–Crippen LogP) is 1.38. The van der Waals surface area contributed by atoms with Crippen molar-refractivity contribution in [2.24, 2.45) is 0 Å². The Hall–Kier alpha value is -2.15. The van der Waals surface area contributed by atoms with Gasteiger partial charge < -0.3 is 15.2 Å². The molecular weight excluding hydrogens is 264 g/mol. The van der Waals surface area contributed by atoms with Crippen LogP contribution in [0.25, 0.3) is 0 Å². The molecule has 0 aromatic heterocycles. The molecule has 0 fully saturated rings. The number of hydrogen-bond acceptors (Lipinski definition) is 5. The number of carbonyl (C=O) groups is 1. The first-order valence-electron chi connectivity index (χ1n) is 6.24. The highest BCUT2D eigenvalue weighted by Crippen LogP contribution is 2.28. The summed E-state index contributed by atoms with van der Waals surface area (Å²) in [5.41, 5.74) is 0.323. The van der Waals surface area contributed by atoms with Crippen molar-refractivity contribution in [3.8, 4) is 5.75 Å². The first-order chi connectivity index (χ1) is 9.43. The third-order valence-corrected chi connectivity index (χ3v) is 2.44. The molecule has 110 valence electrons. The number of nitro groups is 1. The fourth-order valence-electron chi connectivity index (χ4n) is 1.57. The lowest BCUT2D eigenvalue weighted by Gasteiger charge is -2.10. The molecule has 1 aromatic carbocycles. The molecule has 0 saturated heterocycles. The molecule has 1 rings (SSSR count). The zero-order chi connectivity index (χ0) is 15.1. The van der Waals surface area contributed by atoms with Crippen molar-refractivity contribution < 1.29 is 19.6 Å². The molecule has 1 amide bonds. The predicted molar refractivity (Wildman–Crippen MR) is 72.4 cm³/mol. The summed E-state index contributed by atoms with van der Waals surface area (Å²) in [5, 5.41) is 22.6. The molecule has 0 bridgehead atoms. The summed E-state index contributed by atoms with van der Waals surface area (Å²) in [4.78, 5) is 21.7. The largest absolute Gasteiger partial charge is 0.486 e. The van der Waals surface area contributed by atoms with Crippen LogP contribution in [0.1, 0.15) is 25.8 Å². The zero-order valence-corrected chi connectivity index (χ0v) is 11.5. The third kappa shape index (κ3) is 4.85. The lowest BCUT2D eigenvalue weighted by molar-refractivity contribution is -0.385. The number of carbonyl (C=O) groups excluding carboxylic acids is 1. The van der Waals surface area contributed by atoms with E-state index in [1.54, 1.807) is 0 Å². The van der Waals surface area contributed by atoms with Gasteiger partial charge in [-0.1, -0.05) is 0 Å². The number of hydrogen-bond donors (Lipinski definition) is 2. The Kier molecular flexibility index (Phi) is 5.92. The minimum Gasteiger partial charge on any atom is -0.486 e. The van der Waals surface area contributed by atoms with E-state index in [2.05, 4.69) is 5.32 Å². The molecule has 0 radical (unpaired) electrons. The van der Waals surface area contributed by atoms with Crippen LogP contribution in [0.2, 0.25) is 0 Å². The van der Waals surface area contributed by atoms with Gasteiger partial charge >= 0.3 is 5.69 Å². The van der Waals surface area contributed by atoms with Crippen LogP contribution >= 0.6 is 0 Å². The average Bonchev–Trinajstić information content (AvgIpc) is 2.37. The minimum atomic E-state index is -0.565. The Morgan fingerprint density at radius 2 is 2.20 bits per heavy atom. The van der Waals surface area contributed by atoms with Crippen molar-refractivity contribution in [2.75, 3.05) is 6.61 Å². The van der Waals surface area contributed by atoms with Gasteiger partial charge in [-0.25, -0.2) is 0 Å². The number of aliphatic hydroxyl groups is 1. The number of nitrogens with one attached hydrogen (secondary N) is 1. The second-order valence-corrected chi connectivity index (χ2v) is 4.54. The highest BCUT2D eigenvalue weighted by Gasteiger charge is 2.16. The van der Waals surface area contributed by atoms with E-state index in [1.807, 2.05) is 13.8 Å². The van der Waals surface area contributed by atoms with Crippen LogP contribution in [-0.4, -0.2) is 28.6 Å². The molecule has 0 aliphatic heterocycles. The molecule has 0 unspecified atom stereocenters. The monoisotopic (exact) mass is 282 g/mol. The molecule has 20 heavy (non-hydrogen) atoms. The number of nitro benzene ring substituents is 1. The number of ether oxygens (including phenoxy) is 1. The quantitative estimate of drug-likeness (QED) is 0.581. The molecule has 7 nitrogen and oxygen atoms in total. The maximum absolute atomic E-state index is 11.4. The van der Waals surface area contributed by atoms with Gasteiger partial charge in [0.1, 0.15) is 0 Å². The van der Waals surface area contributed by atoms with Crippen molar-refractivity contribution >= 4 is 11.6 Å². The fourth-order valence-corrected chi connectivity index (χ4v) is 1.57. The summed E-state index contributed by atoms with van der Waals surface area (Å²) in [5.74, 6) is -0.125. The Bertz CT molecular complexity index is 488. The molecule has 1 aromatic rings. The van der Waals surface area contributed by atoms with Gasteiger partial charge in [0.05, 0.1) is 24.6 Å². The van der Waals surface area contributed by atoms with E-state index in [0.717, 1.165) is 0 Å². The highest BCUT2D eigenvalue weighted by molar-refractivity contribution is 5.76. The average molecular weight is 282 g/mol. The van der Waals surface area contributed by atoms with Crippen LogP contribution in [0, 0.1) is 10.1 Å². The summed E-state index contributed by atoms with van der Waals surface area (Å²) in [6, 6.07) is 4.17. The maximum atomic E-state index is 11.4. The van der Waals surface area contributed by atoms with Crippen LogP contribution in [0.4, 0.5) is 5.69 Å². The normalized spacial score (nSPS) is 10.4. The van der Waals surface area contributed by atoms with E-state index < -0.39 is 4.92 Å². The smallest absolute Gasteiger partial charge is 0.310 e. The Labute approximate surface area is 116 Å². The third-order valence-electron chi connectivity index (χ3n) is 2.44. The van der Waals surface area contributed by atoms with Crippen LogP contribution in [-0.2, 0) is 11.4 Å². The van der Waals surface area contributed by atoms with Crippen LogP contribution in [0.5, 0.6) is 5.75 Å². The summed E-state index contributed by atoms with van der Waals surface area (Å²) in [7, 11) is 0. The van der Waals surface area contributed by atoms with E-state index in [4.69, 9.17) is 9.84 Å². The second kappa shape index (κ2) is 7.44. The van der Waals surface area contributed by atoms with Gasteiger partial charge in [-0.05, 0) is 31.5 Å². The van der Waals surface area contributed by atoms with E-state index in [9.17, 15) is 14.9 Å². The zero-order valence-electron chi connectivity index (χ0n) is 11.5. The number of rotatable bonds is 7. The molecule has 0 saturated carbocycles. The van der Waals surface area contributed by atoms with E-state index >= 15 is 0 Å². The van der Waals surface area contributed by atoms with E-state index in [-0.39, 0.29) is 43.0 Å². The lowest BCUT2D eigenvalue weighted by Crippen LogP contribution is -2.31. The Morgan fingerprint density at radius 3 is 2.75 bits per heavy atom. The number of aliphatic hydroxyl groups excluding tert-OH is 1. The van der Waals surface area contributed by atoms with Gasteiger partial charge in [-0.15, -0.1) is 0 Å². The molecule has 0 heterocycles. The van der Waals surface area contributed by atoms with E-state index in [0.29, 0.717) is 5.56 Å². The molecule has 2 N–H and O–H groups in total. The maximum Gasteiger partial charge on any atom is 0.310 e. The van der Waals surface area contributed by atoms with Gasteiger partial charge in [0.2, 0.25) is 5.91 Å². The number of benzene rings is 1. The molecular formula is C13H18N2O5. The molecule has 0 aliphatic carbocycles. The standard InChI is InChI=1S/C13H18N2O5/c1-9(2)14-13(17)5-6-20-12-7-10(8-16)3-4-11(12)15(18)19/h3-4,7,9,16H,5-6,8H2,1-2H3,(H,14,17). The topological polar surface area (TPSA) is 102 Å². The first-order valence-corrected chi connectivity index (χ1v) is 6.24. The minimum absolute atomic E-state index is 0.0360. The summed E-state index contributed by atoms with van der Waals surface area (Å²) in [6.07, 6.45) is 0.110. The summed E-state index contributed by atoms with van der Waals surface area (Å²) in [6.45, 7) is 3.49. The van der Waals surface area contributed by atoms with Crippen LogP contribution in [0.3, 0.4) is 0 Å². The van der Waals surface area contributed by atoms with Crippen molar-refractivity contribution in [1.29, 1.82) is 0 Å². The summed E-state index contributed by atoms with van der Waals surface area (Å²) >= 11 is 0. The van der Waals surface area contributed by atoms with Crippen molar-refractivity contribution in [2.45, 2.75) is 32.9 Å². The van der Waals surface area contributed by atoms with E-state index in [1.165, 1.54) is 18.2 Å². The molecule has 0 spiro atoms. The number of amides is 1. The van der Waals surface area contributed by atoms with Crippen molar-refractivity contribution in [1.82, 2.24) is 5.32 Å². The Balaban J connectivity index is 2.66. The van der Waals surface area contributed by atoms with Crippen molar-refractivity contribution in [3.05, 3.63) is 33.9 Å². The van der Waals surface area contributed by atoms with Gasteiger partial charge in [-0.2, -0.15) is 0 Å². The fraction of sp³-hybridized carbons (Fsp3) is 0.462.